The van der Waals surface area contributed by atoms with E-state index in [4.69, 9.17) is 5.11 Å². The number of hydrogen-bond acceptors (Lipinski definition) is 3. The van der Waals surface area contributed by atoms with Gasteiger partial charge in [-0.25, -0.2) is 0 Å². The average Bonchev–Trinajstić information content (AvgIpc) is 2.32. The molecule has 1 aromatic rings. The van der Waals surface area contributed by atoms with Gasteiger partial charge in [0.1, 0.15) is 0 Å². The summed E-state index contributed by atoms with van der Waals surface area (Å²) in [4.78, 5) is 11.7. The highest BCUT2D eigenvalue weighted by molar-refractivity contribution is 9.10. The van der Waals surface area contributed by atoms with Crippen LogP contribution in [-0.4, -0.2) is 30.2 Å². The number of aliphatic hydroxyl groups excluding tert-OH is 1. The van der Waals surface area contributed by atoms with Gasteiger partial charge in [-0.3, -0.25) is 4.79 Å². The van der Waals surface area contributed by atoms with Gasteiger partial charge in [0.25, 0.3) is 0 Å². The Morgan fingerprint density at radius 1 is 1.33 bits per heavy atom. The molecule has 0 bridgehead atoms. The lowest BCUT2D eigenvalue weighted by atomic mass is 10.1. The predicted octanol–water partition coefficient (Wildman–Crippen LogP) is 1.99. The van der Waals surface area contributed by atoms with Crippen LogP contribution in [0.5, 0.6) is 0 Å². The minimum absolute atomic E-state index is 0.0310. The molecule has 4 nitrogen and oxygen atoms in total. The molecule has 1 atom stereocenters. The fraction of sp³-hybridized carbons (Fsp3) is 0.462. The number of nitrogens with one attached hydrogen (secondary N) is 2. The van der Waals surface area contributed by atoms with Crippen molar-refractivity contribution < 1.29 is 9.90 Å². The Kier molecular flexibility index (Phi) is 6.32. The first kappa shape index (κ1) is 15.1. The van der Waals surface area contributed by atoms with Crippen molar-refractivity contribution in [2.24, 2.45) is 5.92 Å². The molecule has 1 amide bonds. The molecule has 0 aliphatic carbocycles. The van der Waals surface area contributed by atoms with Gasteiger partial charge in [-0.05, 0) is 30.2 Å². The highest BCUT2D eigenvalue weighted by Gasteiger charge is 2.12. The Hall–Kier alpha value is -0.910. The smallest absolute Gasteiger partial charge is 0.238 e. The standard InChI is InChI=1S/C13H19BrN2O2/c1-9(2)12(8-17)15-7-13(18)16-11-5-3-10(14)4-6-11/h3-6,9,12,15,17H,7-8H2,1-2H3,(H,16,18)/t12-/m1/s1. The Bertz CT molecular complexity index is 379. The van der Waals surface area contributed by atoms with E-state index in [-0.39, 0.29) is 31.0 Å². The zero-order valence-electron chi connectivity index (χ0n) is 10.6. The minimum atomic E-state index is -0.114. The summed E-state index contributed by atoms with van der Waals surface area (Å²) >= 11 is 3.33. The van der Waals surface area contributed by atoms with Crippen molar-refractivity contribution in [3.63, 3.8) is 0 Å². The first-order valence-corrected chi connectivity index (χ1v) is 6.72. The van der Waals surface area contributed by atoms with Crippen LogP contribution in [0.25, 0.3) is 0 Å². The molecule has 0 aliphatic rings. The summed E-state index contributed by atoms with van der Waals surface area (Å²) in [6.45, 7) is 4.23. The van der Waals surface area contributed by atoms with Gasteiger partial charge in [0.15, 0.2) is 0 Å². The van der Waals surface area contributed by atoms with Crippen molar-refractivity contribution in [3.05, 3.63) is 28.7 Å². The molecule has 0 radical (unpaired) electrons. The highest BCUT2D eigenvalue weighted by Crippen LogP contribution is 2.13. The first-order valence-electron chi connectivity index (χ1n) is 5.92. The summed E-state index contributed by atoms with van der Waals surface area (Å²) in [5, 5.41) is 14.9. The lowest BCUT2D eigenvalue weighted by molar-refractivity contribution is -0.115. The Morgan fingerprint density at radius 2 is 1.94 bits per heavy atom. The number of halogens is 1. The number of anilines is 1. The third-order valence-electron chi connectivity index (χ3n) is 2.65. The third-order valence-corrected chi connectivity index (χ3v) is 3.18. The van der Waals surface area contributed by atoms with Crippen molar-refractivity contribution in [1.29, 1.82) is 0 Å². The molecule has 5 heteroatoms. The SMILES string of the molecule is CC(C)[C@@H](CO)NCC(=O)Nc1ccc(Br)cc1. The van der Waals surface area contributed by atoms with Gasteiger partial charge in [-0.1, -0.05) is 29.8 Å². The van der Waals surface area contributed by atoms with Gasteiger partial charge in [-0.15, -0.1) is 0 Å². The molecule has 0 aromatic heterocycles. The normalized spacial score (nSPS) is 12.5. The van der Waals surface area contributed by atoms with E-state index in [9.17, 15) is 4.79 Å². The fourth-order valence-corrected chi connectivity index (χ4v) is 1.74. The van der Waals surface area contributed by atoms with E-state index in [1.165, 1.54) is 0 Å². The lowest BCUT2D eigenvalue weighted by Crippen LogP contribution is -2.41. The van der Waals surface area contributed by atoms with Crippen LogP contribution >= 0.6 is 15.9 Å². The van der Waals surface area contributed by atoms with Crippen LogP contribution < -0.4 is 10.6 Å². The predicted molar refractivity (Wildman–Crippen MR) is 76.5 cm³/mol. The third kappa shape index (κ3) is 5.16. The van der Waals surface area contributed by atoms with Gasteiger partial charge in [0.05, 0.1) is 13.2 Å². The summed E-state index contributed by atoms with van der Waals surface area (Å²) in [5.41, 5.74) is 0.759. The molecule has 0 fully saturated rings. The van der Waals surface area contributed by atoms with Gasteiger partial charge in [0, 0.05) is 16.2 Å². The van der Waals surface area contributed by atoms with E-state index >= 15 is 0 Å². The molecular formula is C13H19BrN2O2. The van der Waals surface area contributed by atoms with Crippen molar-refractivity contribution in [2.75, 3.05) is 18.5 Å². The summed E-state index contributed by atoms with van der Waals surface area (Å²) in [6.07, 6.45) is 0. The van der Waals surface area contributed by atoms with Crippen LogP contribution in [0.4, 0.5) is 5.69 Å². The molecule has 0 saturated carbocycles. The van der Waals surface area contributed by atoms with Crippen LogP contribution in [0.2, 0.25) is 0 Å². The van der Waals surface area contributed by atoms with Crippen molar-refractivity contribution in [1.82, 2.24) is 5.32 Å². The van der Waals surface area contributed by atoms with E-state index in [0.29, 0.717) is 0 Å². The molecule has 0 heterocycles. The number of rotatable bonds is 6. The Labute approximate surface area is 116 Å². The van der Waals surface area contributed by atoms with Gasteiger partial charge in [-0.2, -0.15) is 0 Å². The van der Waals surface area contributed by atoms with Crippen LogP contribution in [-0.2, 0) is 4.79 Å². The molecule has 0 saturated heterocycles. The first-order chi connectivity index (χ1) is 8.52. The number of carbonyl (C=O) groups is 1. The molecule has 0 aliphatic heterocycles. The maximum Gasteiger partial charge on any atom is 0.238 e. The van der Waals surface area contributed by atoms with Gasteiger partial charge >= 0.3 is 0 Å². The zero-order chi connectivity index (χ0) is 13.5. The topological polar surface area (TPSA) is 61.4 Å². The second-order valence-corrected chi connectivity index (χ2v) is 5.38. The second-order valence-electron chi connectivity index (χ2n) is 4.47. The number of hydrogen-bond donors (Lipinski definition) is 3. The fourth-order valence-electron chi connectivity index (χ4n) is 1.47. The minimum Gasteiger partial charge on any atom is -0.395 e. The maximum atomic E-state index is 11.7. The van der Waals surface area contributed by atoms with Crippen molar-refractivity contribution in [2.45, 2.75) is 19.9 Å². The lowest BCUT2D eigenvalue weighted by Gasteiger charge is -2.19. The van der Waals surface area contributed by atoms with E-state index < -0.39 is 0 Å². The molecule has 100 valence electrons. The van der Waals surface area contributed by atoms with Crippen LogP contribution in [0.15, 0.2) is 28.7 Å². The van der Waals surface area contributed by atoms with E-state index in [2.05, 4.69) is 26.6 Å². The Balaban J connectivity index is 2.40. The summed E-state index contributed by atoms with van der Waals surface area (Å²) < 4.78 is 0.971. The molecule has 18 heavy (non-hydrogen) atoms. The summed E-state index contributed by atoms with van der Waals surface area (Å²) in [5.74, 6) is 0.173. The van der Waals surface area contributed by atoms with E-state index in [1.54, 1.807) is 0 Å². The van der Waals surface area contributed by atoms with Gasteiger partial charge < -0.3 is 15.7 Å². The van der Waals surface area contributed by atoms with Gasteiger partial charge in [0.2, 0.25) is 5.91 Å². The Morgan fingerprint density at radius 3 is 2.44 bits per heavy atom. The highest BCUT2D eigenvalue weighted by atomic mass is 79.9. The van der Waals surface area contributed by atoms with Crippen LogP contribution in [0.3, 0.4) is 0 Å². The summed E-state index contributed by atoms with van der Waals surface area (Å²) in [7, 11) is 0. The molecule has 0 spiro atoms. The monoisotopic (exact) mass is 314 g/mol. The van der Waals surface area contributed by atoms with E-state index in [0.717, 1.165) is 10.2 Å². The average molecular weight is 315 g/mol. The number of amides is 1. The number of benzene rings is 1. The molecule has 1 aromatic carbocycles. The molecule has 3 N–H and O–H groups in total. The quantitative estimate of drug-likeness (QED) is 0.752. The zero-order valence-corrected chi connectivity index (χ0v) is 12.2. The van der Waals surface area contributed by atoms with Crippen molar-refractivity contribution >= 4 is 27.5 Å². The van der Waals surface area contributed by atoms with Crippen molar-refractivity contribution in [3.8, 4) is 0 Å². The van der Waals surface area contributed by atoms with Crippen LogP contribution in [0, 0.1) is 5.92 Å². The largest absolute Gasteiger partial charge is 0.395 e. The van der Waals surface area contributed by atoms with Crippen LogP contribution in [0.1, 0.15) is 13.8 Å². The summed E-state index contributed by atoms with van der Waals surface area (Å²) in [6, 6.07) is 7.34. The number of aliphatic hydroxyl groups is 1. The number of carbonyl (C=O) groups excluding carboxylic acids is 1. The molecular weight excluding hydrogens is 296 g/mol. The second kappa shape index (κ2) is 7.51. The maximum absolute atomic E-state index is 11.7. The van der Waals surface area contributed by atoms with E-state index in [1.807, 2.05) is 38.1 Å². The molecule has 1 rings (SSSR count). The molecule has 0 unspecified atom stereocenters.